The molecule has 33 heavy (non-hydrogen) atoms. The first-order chi connectivity index (χ1) is 16.0. The molecule has 0 unspecified atom stereocenters. The summed E-state index contributed by atoms with van der Waals surface area (Å²) < 4.78 is 0. The van der Waals surface area contributed by atoms with Crippen LogP contribution in [-0.2, 0) is 11.2 Å². The molecule has 0 aromatic heterocycles. The third-order valence-electron chi connectivity index (χ3n) is 7.61. The van der Waals surface area contributed by atoms with E-state index in [0.717, 1.165) is 57.4 Å². The van der Waals surface area contributed by atoms with Crippen LogP contribution in [0.4, 0.5) is 0 Å². The van der Waals surface area contributed by atoms with Crippen LogP contribution in [0.25, 0.3) is 0 Å². The van der Waals surface area contributed by atoms with Gasteiger partial charge in [-0.3, -0.25) is 4.79 Å². The van der Waals surface area contributed by atoms with Gasteiger partial charge < -0.3 is 20.4 Å². The minimum atomic E-state index is -0.536. The van der Waals surface area contributed by atoms with E-state index in [1.165, 1.54) is 17.6 Å². The maximum atomic E-state index is 12.3. The van der Waals surface area contributed by atoms with Crippen LogP contribution in [-0.4, -0.2) is 59.4 Å². The number of carbonyl (C=O) groups excluding carboxylic acids is 1. The molecule has 5 atom stereocenters. The van der Waals surface area contributed by atoms with Gasteiger partial charge in [0.05, 0.1) is 12.2 Å². The van der Waals surface area contributed by atoms with Crippen molar-refractivity contribution in [3.05, 3.63) is 59.2 Å². The van der Waals surface area contributed by atoms with E-state index in [9.17, 15) is 15.0 Å². The monoisotopic (exact) mass is 452 g/mol. The molecule has 2 aliphatic carbocycles. The smallest absolute Gasteiger partial charge is 0.223 e. The second-order valence-electron chi connectivity index (χ2n) is 10.3. The Hall–Kier alpha value is -1.95. The van der Waals surface area contributed by atoms with E-state index >= 15 is 0 Å². The molecule has 1 aromatic carbocycles. The van der Waals surface area contributed by atoms with Gasteiger partial charge in [-0.2, -0.15) is 0 Å². The van der Waals surface area contributed by atoms with Crippen LogP contribution in [0.1, 0.15) is 49.7 Å². The highest BCUT2D eigenvalue weighted by molar-refractivity contribution is 5.76. The zero-order valence-electron chi connectivity index (χ0n) is 20.0. The van der Waals surface area contributed by atoms with Crippen molar-refractivity contribution in [1.29, 1.82) is 0 Å². The maximum Gasteiger partial charge on any atom is 0.223 e. The summed E-state index contributed by atoms with van der Waals surface area (Å²) in [5.74, 6) is 1.19. The molecule has 2 fully saturated rings. The second kappa shape index (κ2) is 11.5. The Bertz CT molecular complexity index is 858. The van der Waals surface area contributed by atoms with Gasteiger partial charge in [0.1, 0.15) is 0 Å². The van der Waals surface area contributed by atoms with Crippen molar-refractivity contribution in [3.63, 3.8) is 0 Å². The third-order valence-corrected chi connectivity index (χ3v) is 7.61. The number of hydrogen-bond donors (Lipinski definition) is 3. The average Bonchev–Trinajstić information content (AvgIpc) is 3.32. The summed E-state index contributed by atoms with van der Waals surface area (Å²) in [6.45, 7) is 5.45. The molecule has 1 amide bonds. The first kappa shape index (κ1) is 24.2. The summed E-state index contributed by atoms with van der Waals surface area (Å²) in [5, 5.41) is 24.6. The van der Waals surface area contributed by atoms with Gasteiger partial charge in [-0.15, -0.1) is 0 Å². The van der Waals surface area contributed by atoms with Crippen molar-refractivity contribution in [2.45, 2.75) is 64.1 Å². The molecule has 5 nitrogen and oxygen atoms in total. The molecule has 1 aromatic rings. The number of hydrogen-bond acceptors (Lipinski definition) is 4. The van der Waals surface area contributed by atoms with Gasteiger partial charge in [0, 0.05) is 44.9 Å². The summed E-state index contributed by atoms with van der Waals surface area (Å²) in [5.41, 5.74) is 3.72. The van der Waals surface area contributed by atoms with Crippen molar-refractivity contribution >= 4 is 5.91 Å². The van der Waals surface area contributed by atoms with Crippen LogP contribution in [0.2, 0.25) is 0 Å². The van der Waals surface area contributed by atoms with Crippen molar-refractivity contribution in [1.82, 2.24) is 10.2 Å². The Labute approximate surface area is 198 Å². The molecule has 180 valence electrons. The normalized spacial score (nSPS) is 28.2. The highest BCUT2D eigenvalue weighted by Crippen LogP contribution is 2.47. The molecule has 0 radical (unpaired) electrons. The van der Waals surface area contributed by atoms with E-state index in [4.69, 9.17) is 0 Å². The lowest BCUT2D eigenvalue weighted by atomic mass is 9.89. The Morgan fingerprint density at radius 3 is 2.88 bits per heavy atom. The van der Waals surface area contributed by atoms with Crippen molar-refractivity contribution in [3.8, 4) is 0 Å². The number of amides is 1. The minimum absolute atomic E-state index is 0.0941. The minimum Gasteiger partial charge on any atom is -0.392 e. The molecular formula is C28H40N2O3. The number of aliphatic hydroxyl groups excluding tert-OH is 2. The van der Waals surface area contributed by atoms with E-state index in [1.54, 1.807) is 0 Å². The zero-order valence-corrected chi connectivity index (χ0v) is 20.0. The predicted molar refractivity (Wildman–Crippen MR) is 132 cm³/mol. The van der Waals surface area contributed by atoms with Crippen LogP contribution < -0.4 is 5.32 Å². The highest BCUT2D eigenvalue weighted by atomic mass is 16.3. The molecule has 3 aliphatic rings. The van der Waals surface area contributed by atoms with Crippen LogP contribution >= 0.6 is 0 Å². The average molecular weight is 453 g/mol. The predicted octanol–water partition coefficient (Wildman–Crippen LogP) is 3.39. The summed E-state index contributed by atoms with van der Waals surface area (Å²) >= 11 is 0. The fraction of sp³-hybridized carbons (Fsp3) is 0.607. The first-order valence-corrected chi connectivity index (χ1v) is 12.8. The van der Waals surface area contributed by atoms with Crippen molar-refractivity contribution in [2.75, 3.05) is 26.2 Å². The van der Waals surface area contributed by atoms with Crippen LogP contribution in [0.5, 0.6) is 0 Å². The van der Waals surface area contributed by atoms with Crippen LogP contribution in [0.3, 0.4) is 0 Å². The molecule has 3 N–H and O–H groups in total. The topological polar surface area (TPSA) is 72.8 Å². The quantitative estimate of drug-likeness (QED) is 0.397. The van der Waals surface area contributed by atoms with Crippen LogP contribution in [0, 0.1) is 24.7 Å². The van der Waals surface area contributed by atoms with Crippen molar-refractivity contribution in [2.24, 2.45) is 17.8 Å². The molecule has 0 bridgehead atoms. The maximum absolute atomic E-state index is 12.3. The number of likely N-dealkylation sites (tertiary alicyclic amines) is 1. The van der Waals surface area contributed by atoms with Gasteiger partial charge in [-0.25, -0.2) is 0 Å². The number of aliphatic hydroxyl groups is 2. The fourth-order valence-corrected chi connectivity index (χ4v) is 5.89. The number of rotatable bonds is 9. The van der Waals surface area contributed by atoms with Gasteiger partial charge in [0.25, 0.3) is 0 Å². The van der Waals surface area contributed by atoms with Gasteiger partial charge in [-0.1, -0.05) is 53.6 Å². The Morgan fingerprint density at radius 2 is 2.09 bits per heavy atom. The molecule has 4 rings (SSSR count). The number of piperidine rings is 1. The van der Waals surface area contributed by atoms with E-state index in [1.807, 2.05) is 23.1 Å². The number of nitrogens with one attached hydrogen (secondary N) is 1. The number of aryl methyl sites for hydroxylation is 1. The van der Waals surface area contributed by atoms with Gasteiger partial charge in [0.2, 0.25) is 5.91 Å². The number of benzene rings is 1. The molecule has 5 heteroatoms. The Kier molecular flexibility index (Phi) is 8.39. The summed E-state index contributed by atoms with van der Waals surface area (Å²) in [4.78, 5) is 14.3. The fourth-order valence-electron chi connectivity index (χ4n) is 5.89. The molecule has 1 saturated heterocycles. The van der Waals surface area contributed by atoms with E-state index < -0.39 is 6.10 Å². The Morgan fingerprint density at radius 1 is 1.27 bits per heavy atom. The Balaban J connectivity index is 1.21. The molecule has 1 heterocycles. The van der Waals surface area contributed by atoms with E-state index in [-0.39, 0.29) is 17.9 Å². The number of allylic oxidation sites excluding steroid dienone is 1. The second-order valence-corrected chi connectivity index (χ2v) is 10.3. The zero-order chi connectivity index (χ0) is 23.2. The lowest BCUT2D eigenvalue weighted by Gasteiger charge is -2.26. The first-order valence-electron chi connectivity index (χ1n) is 12.8. The standard InChI is InChI=1S/C28H40N2O3/c1-20-6-5-7-21(14-20)16-24(31)8-9-25-26-17-22(15-23(26)18-27(25)32)19-29-11-10-28(33)30-12-3-2-4-13-30/h5-9,14-15,23-27,29,31-32H,2-4,10-13,16-19H2,1H3/t23-,24+,25+,26-,27+/m0/s1. The summed E-state index contributed by atoms with van der Waals surface area (Å²) in [6.07, 6.45) is 11.9. The molecule has 0 spiro atoms. The number of nitrogens with zero attached hydrogens (tertiary/aromatic N) is 1. The highest BCUT2D eigenvalue weighted by Gasteiger charge is 2.43. The van der Waals surface area contributed by atoms with Gasteiger partial charge in [-0.05, 0) is 56.4 Å². The van der Waals surface area contributed by atoms with Gasteiger partial charge >= 0.3 is 0 Å². The largest absolute Gasteiger partial charge is 0.392 e. The molecular weight excluding hydrogens is 412 g/mol. The third kappa shape index (κ3) is 6.56. The number of carbonyl (C=O) groups is 1. The van der Waals surface area contributed by atoms with E-state index in [2.05, 4.69) is 36.5 Å². The lowest BCUT2D eigenvalue weighted by molar-refractivity contribution is -0.131. The SMILES string of the molecule is Cc1cccc(C[C@H](O)C=C[C@@H]2[C@H]3CC(CNCCC(=O)N4CCCCC4)=C[C@H]3C[C@H]2O)c1. The molecule has 1 saturated carbocycles. The molecule has 1 aliphatic heterocycles. The van der Waals surface area contributed by atoms with Gasteiger partial charge in [0.15, 0.2) is 0 Å². The lowest BCUT2D eigenvalue weighted by Crippen LogP contribution is -2.37. The van der Waals surface area contributed by atoms with Crippen molar-refractivity contribution < 1.29 is 15.0 Å². The number of fused-ring (bicyclic) bond motifs is 1. The summed E-state index contributed by atoms with van der Waals surface area (Å²) in [6, 6.07) is 8.24. The van der Waals surface area contributed by atoms with E-state index in [0.29, 0.717) is 24.7 Å². The van der Waals surface area contributed by atoms with Crippen LogP contribution in [0.15, 0.2) is 48.1 Å². The summed E-state index contributed by atoms with van der Waals surface area (Å²) in [7, 11) is 0.